The van der Waals surface area contributed by atoms with Gasteiger partial charge in [-0.05, 0) is 12.2 Å². The predicted octanol–water partition coefficient (Wildman–Crippen LogP) is 0.946. The molecule has 1 aromatic heterocycles. The van der Waals surface area contributed by atoms with Crippen LogP contribution in [-0.4, -0.2) is 15.3 Å². The lowest BCUT2D eigenvalue weighted by Gasteiger charge is -1.99. The van der Waals surface area contributed by atoms with Crippen LogP contribution < -0.4 is 0 Å². The number of aromatic nitrogens is 2. The summed E-state index contributed by atoms with van der Waals surface area (Å²) in [5.41, 5.74) is 0.533. The van der Waals surface area contributed by atoms with Gasteiger partial charge in [-0.15, -0.1) is 0 Å². The fourth-order valence-electron chi connectivity index (χ4n) is 0.992. The lowest BCUT2D eigenvalue weighted by Crippen LogP contribution is -2.00. The van der Waals surface area contributed by atoms with Gasteiger partial charge in [0.1, 0.15) is 12.1 Å². The van der Waals surface area contributed by atoms with E-state index >= 15 is 0 Å². The summed E-state index contributed by atoms with van der Waals surface area (Å²) in [6, 6.07) is 3.83. The van der Waals surface area contributed by atoms with Crippen molar-refractivity contribution in [2.24, 2.45) is 0 Å². The summed E-state index contributed by atoms with van der Waals surface area (Å²) < 4.78 is 1.68. The van der Waals surface area contributed by atoms with Gasteiger partial charge in [-0.1, -0.05) is 0 Å². The lowest BCUT2D eigenvalue weighted by atomic mass is 10.3. The molecule has 13 heavy (non-hydrogen) atoms. The topological polar surface area (TPSA) is 65.4 Å². The van der Waals surface area contributed by atoms with E-state index in [0.717, 1.165) is 12.2 Å². The van der Waals surface area contributed by atoms with Crippen LogP contribution in [0, 0.1) is 22.7 Å². The average Bonchev–Trinajstić information content (AvgIpc) is 2.56. The van der Waals surface area contributed by atoms with Crippen molar-refractivity contribution in [2.75, 3.05) is 5.75 Å². The third kappa shape index (κ3) is 2.01. The molecule has 0 atom stereocenters. The zero-order valence-corrected chi connectivity index (χ0v) is 7.83. The molecule has 0 aliphatic heterocycles. The molecule has 1 heterocycles. The van der Waals surface area contributed by atoms with Crippen molar-refractivity contribution in [1.29, 1.82) is 10.5 Å². The molecular weight excluding hydrogens is 184 g/mol. The Hall–Kier alpha value is -1.46. The fraction of sp³-hybridized carbons (Fsp3) is 0.375. The Balaban J connectivity index is 2.91. The highest BCUT2D eigenvalue weighted by Crippen LogP contribution is 2.05. The molecule has 5 heteroatoms. The normalized spacial score (nSPS) is 9.15. The first-order valence-corrected chi connectivity index (χ1v) is 4.43. The Labute approximate surface area is 81.8 Å². The van der Waals surface area contributed by atoms with Gasteiger partial charge in [0.15, 0.2) is 11.4 Å². The van der Waals surface area contributed by atoms with Gasteiger partial charge >= 0.3 is 0 Å². The summed E-state index contributed by atoms with van der Waals surface area (Å²) in [6.07, 6.45) is 2.37. The first-order valence-electron chi connectivity index (χ1n) is 3.79. The second-order valence-electron chi connectivity index (χ2n) is 2.44. The van der Waals surface area contributed by atoms with Crippen molar-refractivity contribution in [3.63, 3.8) is 0 Å². The first kappa shape index (κ1) is 9.63. The molecule has 0 radical (unpaired) electrons. The number of aryl methyl sites for hydroxylation is 1. The Morgan fingerprint density at radius 1 is 1.46 bits per heavy atom. The molecule has 1 rings (SSSR count). The van der Waals surface area contributed by atoms with Crippen molar-refractivity contribution in [3.05, 3.63) is 17.7 Å². The zero-order chi connectivity index (χ0) is 9.68. The Kier molecular flexibility index (Phi) is 3.36. The molecular formula is C8H8N4S. The number of nitrogens with zero attached hydrogens (tertiary/aromatic N) is 4. The number of imidazole rings is 1. The second kappa shape index (κ2) is 4.54. The van der Waals surface area contributed by atoms with E-state index in [1.807, 2.05) is 12.1 Å². The number of nitriles is 2. The van der Waals surface area contributed by atoms with Gasteiger partial charge < -0.3 is 4.57 Å². The fourth-order valence-corrected chi connectivity index (χ4v) is 1.13. The number of hydrogen-bond donors (Lipinski definition) is 1. The summed E-state index contributed by atoms with van der Waals surface area (Å²) in [4.78, 5) is 3.81. The lowest BCUT2D eigenvalue weighted by molar-refractivity contribution is 0.677. The van der Waals surface area contributed by atoms with Gasteiger partial charge in [-0.3, -0.25) is 0 Å². The van der Waals surface area contributed by atoms with E-state index in [1.165, 1.54) is 6.33 Å². The van der Waals surface area contributed by atoms with Crippen LogP contribution in [0.25, 0.3) is 0 Å². The third-order valence-corrected chi connectivity index (χ3v) is 1.92. The molecule has 0 aliphatic rings. The van der Waals surface area contributed by atoms with Crippen molar-refractivity contribution in [2.45, 2.75) is 13.0 Å². The van der Waals surface area contributed by atoms with Crippen LogP contribution >= 0.6 is 12.6 Å². The summed E-state index contributed by atoms with van der Waals surface area (Å²) in [7, 11) is 0. The highest BCUT2D eigenvalue weighted by Gasteiger charge is 2.08. The summed E-state index contributed by atoms with van der Waals surface area (Å²) in [5, 5.41) is 17.3. The third-order valence-electron chi connectivity index (χ3n) is 1.61. The monoisotopic (exact) mass is 192 g/mol. The highest BCUT2D eigenvalue weighted by molar-refractivity contribution is 7.80. The Morgan fingerprint density at radius 3 is 2.77 bits per heavy atom. The molecule has 66 valence electrons. The standard InChI is InChI=1S/C8H8N4S/c9-4-7-8(5-10)12(6-11-7)2-1-3-13/h6,13H,1-3H2. The van der Waals surface area contributed by atoms with Crippen LogP contribution in [-0.2, 0) is 6.54 Å². The second-order valence-corrected chi connectivity index (χ2v) is 2.88. The first-order chi connectivity index (χ1) is 6.33. The Bertz CT molecular complexity index is 368. The number of thiol groups is 1. The highest BCUT2D eigenvalue weighted by atomic mass is 32.1. The van der Waals surface area contributed by atoms with Crippen molar-refractivity contribution in [1.82, 2.24) is 9.55 Å². The van der Waals surface area contributed by atoms with E-state index in [1.54, 1.807) is 4.57 Å². The predicted molar refractivity (Wildman–Crippen MR) is 50.1 cm³/mol. The molecule has 0 saturated carbocycles. The van der Waals surface area contributed by atoms with Gasteiger partial charge in [-0.25, -0.2) is 4.98 Å². The minimum atomic E-state index is 0.196. The van der Waals surface area contributed by atoms with E-state index in [2.05, 4.69) is 17.6 Å². The molecule has 0 amide bonds. The maximum Gasteiger partial charge on any atom is 0.176 e. The van der Waals surface area contributed by atoms with Crippen LogP contribution in [0.1, 0.15) is 17.8 Å². The van der Waals surface area contributed by atoms with Crippen LogP contribution in [0.4, 0.5) is 0 Å². The summed E-state index contributed by atoms with van der Waals surface area (Å²) >= 11 is 4.06. The van der Waals surface area contributed by atoms with Gasteiger partial charge in [0.05, 0.1) is 6.33 Å². The minimum absolute atomic E-state index is 0.196. The van der Waals surface area contributed by atoms with E-state index in [-0.39, 0.29) is 5.69 Å². The largest absolute Gasteiger partial charge is 0.321 e. The molecule has 4 nitrogen and oxygen atoms in total. The van der Waals surface area contributed by atoms with Crippen LogP contribution in [0.3, 0.4) is 0 Å². The Morgan fingerprint density at radius 2 is 2.23 bits per heavy atom. The molecule has 0 bridgehead atoms. The van der Waals surface area contributed by atoms with Crippen molar-refractivity contribution >= 4 is 12.6 Å². The molecule has 1 aromatic rings. The van der Waals surface area contributed by atoms with Crippen molar-refractivity contribution in [3.8, 4) is 12.1 Å². The summed E-state index contributed by atoms with van der Waals surface area (Å²) in [6.45, 7) is 0.682. The van der Waals surface area contributed by atoms with Crippen LogP contribution in [0.2, 0.25) is 0 Å². The molecule has 0 aliphatic carbocycles. The van der Waals surface area contributed by atoms with Gasteiger partial charge in [0.25, 0.3) is 0 Å². The van der Waals surface area contributed by atoms with Crippen LogP contribution in [0.5, 0.6) is 0 Å². The SMILES string of the molecule is N#Cc1ncn(CCCS)c1C#N. The summed E-state index contributed by atoms with van der Waals surface area (Å²) in [5.74, 6) is 0.755. The van der Waals surface area contributed by atoms with E-state index in [4.69, 9.17) is 10.5 Å². The maximum atomic E-state index is 8.74. The van der Waals surface area contributed by atoms with E-state index < -0.39 is 0 Å². The molecule has 0 spiro atoms. The van der Waals surface area contributed by atoms with Gasteiger partial charge in [-0.2, -0.15) is 23.2 Å². The molecule has 0 saturated heterocycles. The smallest absolute Gasteiger partial charge is 0.176 e. The van der Waals surface area contributed by atoms with Crippen LogP contribution in [0.15, 0.2) is 6.33 Å². The quantitative estimate of drug-likeness (QED) is 0.725. The van der Waals surface area contributed by atoms with Gasteiger partial charge in [0, 0.05) is 6.54 Å². The molecule has 0 unspecified atom stereocenters. The van der Waals surface area contributed by atoms with E-state index in [0.29, 0.717) is 12.2 Å². The van der Waals surface area contributed by atoms with E-state index in [9.17, 15) is 0 Å². The molecule has 0 fully saturated rings. The zero-order valence-electron chi connectivity index (χ0n) is 6.93. The average molecular weight is 192 g/mol. The maximum absolute atomic E-state index is 8.74. The minimum Gasteiger partial charge on any atom is -0.321 e. The van der Waals surface area contributed by atoms with Gasteiger partial charge in [0.2, 0.25) is 0 Å². The number of hydrogen-bond acceptors (Lipinski definition) is 4. The number of rotatable bonds is 3. The molecule has 0 aromatic carbocycles. The molecule has 0 N–H and O–H groups in total. The van der Waals surface area contributed by atoms with Crippen molar-refractivity contribution < 1.29 is 0 Å².